The lowest BCUT2D eigenvalue weighted by atomic mass is 10.1. The molecule has 74 valence electrons. The Bertz CT molecular complexity index is 389. The smallest absolute Gasteiger partial charge is 0.307 e. The average Bonchev–Trinajstić information content (AvgIpc) is 2.88. The number of carboxylic acids is 1. The van der Waals surface area contributed by atoms with Gasteiger partial charge in [0.05, 0.1) is 5.92 Å². The van der Waals surface area contributed by atoms with Crippen molar-refractivity contribution in [3.8, 4) is 5.75 Å². The molecule has 0 radical (unpaired) electrons. The van der Waals surface area contributed by atoms with Gasteiger partial charge >= 0.3 is 5.97 Å². The summed E-state index contributed by atoms with van der Waals surface area (Å²) in [7, 11) is 0. The molecule has 1 aromatic carbocycles. The van der Waals surface area contributed by atoms with E-state index in [1.165, 1.54) is 0 Å². The van der Waals surface area contributed by atoms with Gasteiger partial charge in [-0.15, -0.1) is 0 Å². The second kappa shape index (κ2) is 3.28. The number of rotatable bonds is 2. The fourth-order valence-electron chi connectivity index (χ4n) is 1.63. The summed E-state index contributed by atoms with van der Waals surface area (Å²) in [4.78, 5) is 10.6. The number of phenols is 1. The first-order chi connectivity index (χ1) is 6.59. The van der Waals surface area contributed by atoms with Crippen LogP contribution in [0.5, 0.6) is 5.75 Å². The molecule has 2 atom stereocenters. The van der Waals surface area contributed by atoms with Gasteiger partial charge in [0.2, 0.25) is 0 Å². The van der Waals surface area contributed by atoms with Gasteiger partial charge < -0.3 is 10.2 Å². The largest absolute Gasteiger partial charge is 0.508 e. The minimum Gasteiger partial charge on any atom is -0.508 e. The molecular formula is C10H9BrO3. The summed E-state index contributed by atoms with van der Waals surface area (Å²) < 4.78 is 0.862. The van der Waals surface area contributed by atoms with Crippen molar-refractivity contribution in [2.24, 2.45) is 5.92 Å². The molecule has 1 aromatic rings. The van der Waals surface area contributed by atoms with Gasteiger partial charge in [-0.2, -0.15) is 0 Å². The van der Waals surface area contributed by atoms with Crippen LogP contribution >= 0.6 is 15.9 Å². The quantitative estimate of drug-likeness (QED) is 0.854. The summed E-state index contributed by atoms with van der Waals surface area (Å²) in [5.41, 5.74) is 0.728. The molecule has 3 nitrogen and oxygen atoms in total. The van der Waals surface area contributed by atoms with Gasteiger partial charge in [0.1, 0.15) is 5.75 Å². The molecule has 0 spiro atoms. The Kier molecular flexibility index (Phi) is 2.23. The zero-order chi connectivity index (χ0) is 10.3. The fourth-order valence-corrected chi connectivity index (χ4v) is 2.01. The van der Waals surface area contributed by atoms with Crippen LogP contribution in [0, 0.1) is 5.92 Å². The maximum atomic E-state index is 10.6. The molecule has 1 aliphatic carbocycles. The van der Waals surface area contributed by atoms with Crippen molar-refractivity contribution in [2.75, 3.05) is 0 Å². The van der Waals surface area contributed by atoms with E-state index in [4.69, 9.17) is 5.11 Å². The number of phenolic OH excluding ortho intramolecular Hbond substituents is 1. The number of benzene rings is 1. The van der Waals surface area contributed by atoms with Crippen molar-refractivity contribution in [3.05, 3.63) is 28.2 Å². The van der Waals surface area contributed by atoms with E-state index in [-0.39, 0.29) is 17.6 Å². The third kappa shape index (κ3) is 1.62. The molecule has 0 heterocycles. The lowest BCUT2D eigenvalue weighted by molar-refractivity contribution is -0.138. The lowest BCUT2D eigenvalue weighted by Crippen LogP contribution is -1.99. The highest BCUT2D eigenvalue weighted by molar-refractivity contribution is 9.10. The van der Waals surface area contributed by atoms with Crippen LogP contribution in [0.3, 0.4) is 0 Å². The van der Waals surface area contributed by atoms with Crippen molar-refractivity contribution in [1.82, 2.24) is 0 Å². The number of hydrogen-bond donors (Lipinski definition) is 2. The van der Waals surface area contributed by atoms with E-state index in [9.17, 15) is 9.90 Å². The zero-order valence-corrected chi connectivity index (χ0v) is 8.86. The Morgan fingerprint density at radius 2 is 2.21 bits per heavy atom. The lowest BCUT2D eigenvalue weighted by Gasteiger charge is -2.03. The standard InChI is InChI=1S/C10H9BrO3/c11-5-1-2-9(12)7(3-5)6-4-8(6)10(13)14/h1-3,6,8,12H,4H2,(H,13,14)/t6-,8+/m0/s1. The normalized spacial score (nSPS) is 24.6. The van der Waals surface area contributed by atoms with Gasteiger partial charge in [0, 0.05) is 10.4 Å². The molecule has 2 N–H and O–H groups in total. The Balaban J connectivity index is 2.26. The number of hydrogen-bond acceptors (Lipinski definition) is 2. The van der Waals surface area contributed by atoms with Gasteiger partial charge in [-0.05, 0) is 30.2 Å². The Morgan fingerprint density at radius 1 is 1.50 bits per heavy atom. The predicted molar refractivity (Wildman–Crippen MR) is 54.3 cm³/mol. The minimum atomic E-state index is -0.783. The van der Waals surface area contributed by atoms with Crippen molar-refractivity contribution in [3.63, 3.8) is 0 Å². The van der Waals surface area contributed by atoms with Crippen LogP contribution in [0.1, 0.15) is 17.9 Å². The Labute approximate surface area is 89.5 Å². The molecule has 0 unspecified atom stereocenters. The Morgan fingerprint density at radius 3 is 2.79 bits per heavy atom. The average molecular weight is 257 g/mol. The van der Waals surface area contributed by atoms with Gasteiger partial charge in [-0.1, -0.05) is 15.9 Å². The Hall–Kier alpha value is -1.03. The van der Waals surface area contributed by atoms with Crippen molar-refractivity contribution in [2.45, 2.75) is 12.3 Å². The van der Waals surface area contributed by atoms with Gasteiger partial charge in [0.25, 0.3) is 0 Å². The van der Waals surface area contributed by atoms with Crippen LogP contribution in [0.4, 0.5) is 0 Å². The van der Waals surface area contributed by atoms with Gasteiger partial charge in [-0.25, -0.2) is 0 Å². The zero-order valence-electron chi connectivity index (χ0n) is 7.27. The molecule has 0 saturated heterocycles. The predicted octanol–water partition coefficient (Wildman–Crippen LogP) is 2.34. The molecule has 14 heavy (non-hydrogen) atoms. The van der Waals surface area contributed by atoms with E-state index < -0.39 is 5.97 Å². The first-order valence-electron chi connectivity index (χ1n) is 4.31. The molecule has 0 bridgehead atoms. The number of halogens is 1. The van der Waals surface area contributed by atoms with Crippen LogP contribution in [0.15, 0.2) is 22.7 Å². The highest BCUT2D eigenvalue weighted by Crippen LogP contribution is 2.50. The second-order valence-electron chi connectivity index (χ2n) is 3.49. The van der Waals surface area contributed by atoms with E-state index in [1.807, 2.05) is 0 Å². The van der Waals surface area contributed by atoms with Crippen LogP contribution in [0.25, 0.3) is 0 Å². The second-order valence-corrected chi connectivity index (χ2v) is 4.41. The molecule has 2 rings (SSSR count). The first kappa shape index (κ1) is 9.52. The topological polar surface area (TPSA) is 57.5 Å². The molecule has 1 fully saturated rings. The maximum Gasteiger partial charge on any atom is 0.307 e. The molecule has 1 saturated carbocycles. The maximum absolute atomic E-state index is 10.6. The van der Waals surface area contributed by atoms with Crippen LogP contribution < -0.4 is 0 Å². The van der Waals surface area contributed by atoms with E-state index in [1.54, 1.807) is 18.2 Å². The van der Waals surface area contributed by atoms with Crippen LogP contribution in [0.2, 0.25) is 0 Å². The van der Waals surface area contributed by atoms with Crippen LogP contribution in [-0.4, -0.2) is 16.2 Å². The SMILES string of the molecule is O=C(O)[C@@H]1C[C@H]1c1cc(Br)ccc1O. The highest BCUT2D eigenvalue weighted by Gasteiger charge is 2.45. The number of carbonyl (C=O) groups is 1. The van der Waals surface area contributed by atoms with E-state index in [2.05, 4.69) is 15.9 Å². The first-order valence-corrected chi connectivity index (χ1v) is 5.10. The molecule has 1 aliphatic rings. The van der Waals surface area contributed by atoms with Crippen molar-refractivity contribution >= 4 is 21.9 Å². The van der Waals surface area contributed by atoms with E-state index in [0.717, 1.165) is 10.0 Å². The molecule has 4 heteroatoms. The molecule has 0 aliphatic heterocycles. The van der Waals surface area contributed by atoms with Crippen molar-refractivity contribution < 1.29 is 15.0 Å². The van der Waals surface area contributed by atoms with Crippen LogP contribution in [-0.2, 0) is 4.79 Å². The molecular weight excluding hydrogens is 248 g/mol. The molecule has 0 aromatic heterocycles. The van der Waals surface area contributed by atoms with E-state index >= 15 is 0 Å². The van der Waals surface area contributed by atoms with Gasteiger partial charge in [0.15, 0.2) is 0 Å². The van der Waals surface area contributed by atoms with Crippen molar-refractivity contribution in [1.29, 1.82) is 0 Å². The summed E-state index contributed by atoms with van der Waals surface area (Å²) in [6.45, 7) is 0. The summed E-state index contributed by atoms with van der Waals surface area (Å²) in [5, 5.41) is 18.3. The minimum absolute atomic E-state index is 0.0231. The molecule has 0 amide bonds. The number of aromatic hydroxyl groups is 1. The summed E-state index contributed by atoms with van der Waals surface area (Å²) in [6, 6.07) is 5.09. The number of aliphatic carboxylic acids is 1. The third-order valence-electron chi connectivity index (χ3n) is 2.50. The summed E-state index contributed by atoms with van der Waals surface area (Å²) in [5.74, 6) is -0.948. The monoisotopic (exact) mass is 256 g/mol. The summed E-state index contributed by atoms with van der Waals surface area (Å²) >= 11 is 3.29. The fraction of sp³-hybridized carbons (Fsp3) is 0.300. The van der Waals surface area contributed by atoms with E-state index in [0.29, 0.717) is 6.42 Å². The third-order valence-corrected chi connectivity index (χ3v) is 2.99. The summed E-state index contributed by atoms with van der Waals surface area (Å²) in [6.07, 6.45) is 0.624. The van der Waals surface area contributed by atoms with Gasteiger partial charge in [-0.3, -0.25) is 4.79 Å². The number of carboxylic acid groups (broad SMARTS) is 1. The highest BCUT2D eigenvalue weighted by atomic mass is 79.9.